The van der Waals surface area contributed by atoms with Crippen molar-refractivity contribution in [2.75, 3.05) is 0 Å². The number of benzene rings is 1. The van der Waals surface area contributed by atoms with Crippen LogP contribution in [0.3, 0.4) is 0 Å². The lowest BCUT2D eigenvalue weighted by atomic mass is 9.64. The zero-order valence-corrected chi connectivity index (χ0v) is 9.14. The second-order valence-electron chi connectivity index (χ2n) is 4.07. The molecule has 0 atom stereocenters. The summed E-state index contributed by atoms with van der Waals surface area (Å²) in [6.07, 6.45) is 0.596. The molecule has 0 radical (unpaired) electrons. The van der Waals surface area contributed by atoms with Crippen molar-refractivity contribution in [1.82, 2.24) is 0 Å². The molecule has 0 spiro atoms. The van der Waals surface area contributed by atoms with Crippen LogP contribution >= 0.6 is 11.6 Å². The van der Waals surface area contributed by atoms with E-state index in [0.717, 1.165) is 11.1 Å². The lowest BCUT2D eigenvalue weighted by molar-refractivity contribution is -0.126. The molecule has 0 saturated heterocycles. The van der Waals surface area contributed by atoms with Crippen LogP contribution in [0.4, 0.5) is 0 Å². The van der Waals surface area contributed by atoms with Gasteiger partial charge in [-0.25, -0.2) is 0 Å². The number of Topliss-reactive ketones (excluding diaryl/α,β-unsaturated/α-hetero) is 1. The molecule has 0 bridgehead atoms. The molecule has 0 aliphatic heterocycles. The summed E-state index contributed by atoms with van der Waals surface area (Å²) in [5.41, 5.74) is 1.18. The summed E-state index contributed by atoms with van der Waals surface area (Å²) in [5, 5.41) is 9.73. The van der Waals surface area contributed by atoms with Gasteiger partial charge in [-0.1, -0.05) is 23.7 Å². The molecular formula is C12H10ClNO. The normalized spacial score (nSPS) is 18.1. The number of nitrogens with zero attached hydrogens (tertiary/aromatic N) is 1. The van der Waals surface area contributed by atoms with Crippen molar-refractivity contribution in [2.24, 2.45) is 0 Å². The van der Waals surface area contributed by atoms with Gasteiger partial charge < -0.3 is 0 Å². The first-order valence-corrected chi connectivity index (χ1v) is 5.15. The number of hydrogen-bond donors (Lipinski definition) is 0. The van der Waals surface area contributed by atoms with Crippen molar-refractivity contribution in [3.63, 3.8) is 0 Å². The molecule has 1 fully saturated rings. The molecule has 3 heteroatoms. The number of halogens is 1. The molecule has 0 amide bonds. The summed E-state index contributed by atoms with van der Waals surface area (Å²) < 4.78 is 0. The highest BCUT2D eigenvalue weighted by Crippen LogP contribution is 2.43. The minimum Gasteiger partial charge on any atom is -0.300 e. The highest BCUT2D eigenvalue weighted by molar-refractivity contribution is 6.31. The maximum atomic E-state index is 11.0. The van der Waals surface area contributed by atoms with Crippen LogP contribution in [0.2, 0.25) is 5.02 Å². The van der Waals surface area contributed by atoms with Crippen LogP contribution in [-0.4, -0.2) is 5.78 Å². The van der Waals surface area contributed by atoms with E-state index in [1.165, 1.54) is 0 Å². The van der Waals surface area contributed by atoms with Crippen molar-refractivity contribution in [2.45, 2.75) is 25.2 Å². The third-order valence-corrected chi connectivity index (χ3v) is 3.16. The van der Waals surface area contributed by atoms with Gasteiger partial charge in [-0.15, -0.1) is 0 Å². The quantitative estimate of drug-likeness (QED) is 0.729. The Balaban J connectivity index is 2.46. The van der Waals surface area contributed by atoms with Crippen molar-refractivity contribution >= 4 is 17.4 Å². The first-order chi connectivity index (χ1) is 7.07. The molecule has 1 aromatic rings. The lowest BCUT2D eigenvalue weighted by Gasteiger charge is -2.34. The zero-order valence-electron chi connectivity index (χ0n) is 8.38. The summed E-state index contributed by atoms with van der Waals surface area (Å²) in [5.74, 6) is 0.133. The van der Waals surface area contributed by atoms with E-state index in [-0.39, 0.29) is 5.78 Å². The van der Waals surface area contributed by atoms with Crippen molar-refractivity contribution < 1.29 is 4.79 Å². The average Bonchev–Trinajstić information content (AvgIpc) is 2.13. The van der Waals surface area contributed by atoms with Gasteiger partial charge in [-0.2, -0.15) is 5.26 Å². The highest BCUT2D eigenvalue weighted by Gasteiger charge is 2.46. The number of carbonyl (C=O) groups excluding carboxylic acids is 1. The van der Waals surface area contributed by atoms with E-state index in [1.54, 1.807) is 0 Å². The van der Waals surface area contributed by atoms with Gasteiger partial charge in [0.2, 0.25) is 0 Å². The van der Waals surface area contributed by atoms with Crippen molar-refractivity contribution in [3.05, 3.63) is 34.3 Å². The smallest absolute Gasteiger partial charge is 0.136 e. The number of nitriles is 1. The molecule has 0 heterocycles. The Labute approximate surface area is 93.5 Å². The van der Waals surface area contributed by atoms with E-state index in [4.69, 9.17) is 16.9 Å². The van der Waals surface area contributed by atoms with Gasteiger partial charge in [0.1, 0.15) is 5.78 Å². The fourth-order valence-electron chi connectivity index (χ4n) is 1.96. The first-order valence-electron chi connectivity index (χ1n) is 4.77. The minimum absolute atomic E-state index is 0.133. The Hall–Kier alpha value is -1.33. The fraction of sp³-hybridized carbons (Fsp3) is 0.333. The van der Waals surface area contributed by atoms with Crippen molar-refractivity contribution in [1.29, 1.82) is 5.26 Å². The third-order valence-electron chi connectivity index (χ3n) is 2.85. The molecule has 2 nitrogen and oxygen atoms in total. The van der Waals surface area contributed by atoms with Gasteiger partial charge >= 0.3 is 0 Å². The lowest BCUT2D eigenvalue weighted by Crippen LogP contribution is -2.40. The molecule has 0 unspecified atom stereocenters. The monoisotopic (exact) mass is 219 g/mol. The Morgan fingerprint density at radius 1 is 1.47 bits per heavy atom. The van der Waals surface area contributed by atoms with E-state index in [9.17, 15) is 4.79 Å². The minimum atomic E-state index is -0.665. The van der Waals surface area contributed by atoms with Crippen LogP contribution in [0.25, 0.3) is 0 Å². The average molecular weight is 220 g/mol. The van der Waals surface area contributed by atoms with Crippen LogP contribution in [0.1, 0.15) is 24.0 Å². The van der Waals surface area contributed by atoms with Gasteiger partial charge in [0.05, 0.1) is 11.5 Å². The molecule has 2 rings (SSSR count). The number of aryl methyl sites for hydroxylation is 1. The first kappa shape index (κ1) is 10.2. The second-order valence-corrected chi connectivity index (χ2v) is 4.48. The molecule has 1 saturated carbocycles. The molecule has 1 aromatic carbocycles. The summed E-state index contributed by atoms with van der Waals surface area (Å²) in [7, 11) is 0. The van der Waals surface area contributed by atoms with Crippen LogP contribution in [0.15, 0.2) is 18.2 Å². The molecule has 1 aliphatic rings. The number of ketones is 1. The van der Waals surface area contributed by atoms with Gasteiger partial charge in [0, 0.05) is 17.9 Å². The summed E-state index contributed by atoms with van der Waals surface area (Å²) in [4.78, 5) is 11.0. The SMILES string of the molecule is Cc1ccc(C2(C#N)CC(=O)C2)c(Cl)c1. The number of carbonyl (C=O) groups is 1. The van der Waals surface area contributed by atoms with Crippen LogP contribution in [-0.2, 0) is 10.2 Å². The van der Waals surface area contributed by atoms with Crippen LogP contribution in [0.5, 0.6) is 0 Å². The van der Waals surface area contributed by atoms with Crippen LogP contribution < -0.4 is 0 Å². The van der Waals surface area contributed by atoms with E-state index in [1.807, 2.05) is 25.1 Å². The maximum absolute atomic E-state index is 11.0. The summed E-state index contributed by atoms with van der Waals surface area (Å²) >= 11 is 6.09. The highest BCUT2D eigenvalue weighted by atomic mass is 35.5. The van der Waals surface area contributed by atoms with Gasteiger partial charge in [0.25, 0.3) is 0 Å². The van der Waals surface area contributed by atoms with E-state index in [0.29, 0.717) is 17.9 Å². The number of rotatable bonds is 1. The predicted octanol–water partition coefficient (Wildman–Crippen LogP) is 2.77. The summed E-state index contributed by atoms with van der Waals surface area (Å²) in [6, 6.07) is 7.82. The zero-order chi connectivity index (χ0) is 11.1. The molecule has 1 aliphatic carbocycles. The fourth-order valence-corrected chi connectivity index (χ4v) is 2.38. The van der Waals surface area contributed by atoms with E-state index in [2.05, 4.69) is 6.07 Å². The van der Waals surface area contributed by atoms with Gasteiger partial charge in [-0.05, 0) is 24.1 Å². The number of hydrogen-bond acceptors (Lipinski definition) is 2. The van der Waals surface area contributed by atoms with Gasteiger partial charge in [-0.3, -0.25) is 4.79 Å². The van der Waals surface area contributed by atoms with Gasteiger partial charge in [0.15, 0.2) is 0 Å². The Bertz CT molecular complexity index is 465. The molecule has 0 N–H and O–H groups in total. The molecule has 0 aromatic heterocycles. The Morgan fingerprint density at radius 2 is 2.13 bits per heavy atom. The molecular weight excluding hydrogens is 210 g/mol. The summed E-state index contributed by atoms with van der Waals surface area (Å²) in [6.45, 7) is 1.95. The second kappa shape index (κ2) is 3.36. The Kier molecular flexibility index (Phi) is 2.28. The molecule has 15 heavy (non-hydrogen) atoms. The van der Waals surface area contributed by atoms with E-state index >= 15 is 0 Å². The Morgan fingerprint density at radius 3 is 2.60 bits per heavy atom. The maximum Gasteiger partial charge on any atom is 0.136 e. The largest absolute Gasteiger partial charge is 0.300 e. The predicted molar refractivity (Wildman–Crippen MR) is 57.7 cm³/mol. The molecule has 76 valence electrons. The topological polar surface area (TPSA) is 40.9 Å². The standard InChI is InChI=1S/C12H10ClNO/c1-8-2-3-10(11(13)4-8)12(7-14)5-9(15)6-12/h2-4H,5-6H2,1H3. The van der Waals surface area contributed by atoms with Crippen LogP contribution in [0, 0.1) is 18.3 Å². The van der Waals surface area contributed by atoms with Crippen molar-refractivity contribution in [3.8, 4) is 6.07 Å². The third kappa shape index (κ3) is 1.53. The van der Waals surface area contributed by atoms with E-state index < -0.39 is 5.41 Å².